The average molecular weight is 257 g/mol. The highest BCUT2D eigenvalue weighted by Crippen LogP contribution is 2.42. The molecule has 3 heterocycles. The van der Waals surface area contributed by atoms with Crippen molar-refractivity contribution < 1.29 is 4.74 Å². The number of hydrogen-bond acceptors (Lipinski definition) is 3. The summed E-state index contributed by atoms with van der Waals surface area (Å²) in [5.41, 5.74) is 2.13. The van der Waals surface area contributed by atoms with Crippen LogP contribution in [-0.4, -0.2) is 28.8 Å². The van der Waals surface area contributed by atoms with Gasteiger partial charge in [-0.1, -0.05) is 12.1 Å². The van der Waals surface area contributed by atoms with Crippen LogP contribution in [0.25, 0.3) is 0 Å². The minimum absolute atomic E-state index is 0.205. The number of amidine groups is 1. The van der Waals surface area contributed by atoms with Crippen LogP contribution in [0.15, 0.2) is 30.5 Å². The Morgan fingerprint density at radius 3 is 3.00 bits per heavy atom. The number of nitrogens with one attached hydrogen (secondary N) is 1. The molecule has 0 amide bonds. The lowest BCUT2D eigenvalue weighted by atomic mass is 9.87. The van der Waals surface area contributed by atoms with Crippen LogP contribution in [-0.2, 0) is 16.9 Å². The van der Waals surface area contributed by atoms with Crippen molar-refractivity contribution in [3.63, 3.8) is 0 Å². The molecule has 19 heavy (non-hydrogen) atoms. The van der Waals surface area contributed by atoms with E-state index in [9.17, 15) is 0 Å². The smallest absolute Gasteiger partial charge is 0.120 e. The zero-order valence-corrected chi connectivity index (χ0v) is 11.2. The maximum atomic E-state index is 7.97. The summed E-state index contributed by atoms with van der Waals surface area (Å²) in [7, 11) is 0. The van der Waals surface area contributed by atoms with Gasteiger partial charge in [0.1, 0.15) is 11.4 Å². The molecule has 1 spiro atoms. The molecule has 0 atom stereocenters. The van der Waals surface area contributed by atoms with Gasteiger partial charge in [-0.15, -0.1) is 0 Å². The van der Waals surface area contributed by atoms with Gasteiger partial charge in [0.15, 0.2) is 0 Å². The second-order valence-corrected chi connectivity index (χ2v) is 5.17. The highest BCUT2D eigenvalue weighted by Gasteiger charge is 2.43. The van der Waals surface area contributed by atoms with Crippen molar-refractivity contribution in [1.29, 1.82) is 5.41 Å². The number of pyridine rings is 1. The number of allylic oxidation sites excluding steroid dienone is 1. The molecule has 1 saturated heterocycles. The fourth-order valence-corrected chi connectivity index (χ4v) is 3.00. The Morgan fingerprint density at radius 2 is 2.26 bits per heavy atom. The number of hydrogen-bond donors (Lipinski definition) is 1. The standard InChI is InChI=1S/C15H19N3O/c1-2-4-13(16)18-9-6-15(7-10-18)14-12(11-19-15)5-3-8-17-14/h2-5,8,16H,6-7,9-11H2,1H3/b4-2-,16-13?. The van der Waals surface area contributed by atoms with E-state index in [1.807, 2.05) is 31.3 Å². The van der Waals surface area contributed by atoms with Crippen LogP contribution in [0.5, 0.6) is 0 Å². The molecule has 1 aromatic heterocycles. The predicted octanol–water partition coefficient (Wildman–Crippen LogP) is 2.46. The molecule has 1 aromatic rings. The van der Waals surface area contributed by atoms with Gasteiger partial charge in [-0.05, 0) is 31.9 Å². The molecule has 0 saturated carbocycles. The molecule has 2 aliphatic rings. The third kappa shape index (κ3) is 2.06. The molecule has 0 unspecified atom stereocenters. The van der Waals surface area contributed by atoms with Crippen molar-refractivity contribution in [3.05, 3.63) is 41.7 Å². The third-order valence-corrected chi connectivity index (χ3v) is 4.06. The summed E-state index contributed by atoms with van der Waals surface area (Å²) >= 11 is 0. The second-order valence-electron chi connectivity index (χ2n) is 5.17. The van der Waals surface area contributed by atoms with Gasteiger partial charge in [0.25, 0.3) is 0 Å². The first-order valence-corrected chi connectivity index (χ1v) is 6.80. The topological polar surface area (TPSA) is 49.2 Å². The van der Waals surface area contributed by atoms with E-state index >= 15 is 0 Å². The second kappa shape index (κ2) is 4.78. The SMILES string of the molecule is C/C=C\C(=N)N1CCC2(CC1)OCc1cccnc12. The van der Waals surface area contributed by atoms with Crippen LogP contribution in [0.2, 0.25) is 0 Å². The zero-order valence-electron chi connectivity index (χ0n) is 11.2. The highest BCUT2D eigenvalue weighted by atomic mass is 16.5. The number of rotatable bonds is 1. The molecule has 1 fully saturated rings. The van der Waals surface area contributed by atoms with Crippen LogP contribution in [0.3, 0.4) is 0 Å². The first kappa shape index (κ1) is 12.4. The lowest BCUT2D eigenvalue weighted by Crippen LogP contribution is -2.44. The van der Waals surface area contributed by atoms with Gasteiger partial charge in [0, 0.05) is 24.8 Å². The number of aromatic nitrogens is 1. The molecule has 3 rings (SSSR count). The van der Waals surface area contributed by atoms with E-state index in [2.05, 4.69) is 16.0 Å². The number of ether oxygens (including phenoxy) is 1. The van der Waals surface area contributed by atoms with Gasteiger partial charge in [-0.25, -0.2) is 0 Å². The Kier molecular flexibility index (Phi) is 3.11. The first-order valence-electron chi connectivity index (χ1n) is 6.80. The van der Waals surface area contributed by atoms with Gasteiger partial charge in [0.05, 0.1) is 12.3 Å². The summed E-state index contributed by atoms with van der Waals surface area (Å²) < 4.78 is 6.06. The summed E-state index contributed by atoms with van der Waals surface area (Å²) in [6, 6.07) is 4.07. The normalized spacial score (nSPS) is 21.0. The van der Waals surface area contributed by atoms with Gasteiger partial charge < -0.3 is 9.64 Å². The molecule has 2 aliphatic heterocycles. The minimum atomic E-state index is -0.205. The molecule has 0 bridgehead atoms. The Labute approximate surface area is 113 Å². The molecule has 100 valence electrons. The summed E-state index contributed by atoms with van der Waals surface area (Å²) in [4.78, 5) is 6.64. The van der Waals surface area contributed by atoms with Crippen molar-refractivity contribution in [2.75, 3.05) is 13.1 Å². The van der Waals surface area contributed by atoms with Crippen molar-refractivity contribution in [2.45, 2.75) is 32.0 Å². The zero-order chi connectivity index (χ0) is 13.3. The van der Waals surface area contributed by atoms with E-state index in [0.29, 0.717) is 12.4 Å². The van der Waals surface area contributed by atoms with Crippen molar-refractivity contribution in [2.24, 2.45) is 0 Å². The Morgan fingerprint density at radius 1 is 1.47 bits per heavy atom. The molecule has 4 heteroatoms. The van der Waals surface area contributed by atoms with E-state index in [4.69, 9.17) is 10.1 Å². The molecule has 0 aromatic carbocycles. The lowest BCUT2D eigenvalue weighted by molar-refractivity contribution is -0.0726. The largest absolute Gasteiger partial charge is 0.364 e. The quantitative estimate of drug-likeness (QED) is 0.621. The van der Waals surface area contributed by atoms with E-state index < -0.39 is 0 Å². The van der Waals surface area contributed by atoms with Gasteiger partial charge >= 0.3 is 0 Å². The Hall–Kier alpha value is -1.68. The van der Waals surface area contributed by atoms with Crippen LogP contribution in [0, 0.1) is 5.41 Å². The summed E-state index contributed by atoms with van der Waals surface area (Å²) in [6.45, 7) is 4.34. The first-order chi connectivity index (χ1) is 9.25. The van der Waals surface area contributed by atoms with Crippen LogP contribution < -0.4 is 0 Å². The monoisotopic (exact) mass is 257 g/mol. The number of likely N-dealkylation sites (tertiary alicyclic amines) is 1. The molecular weight excluding hydrogens is 238 g/mol. The summed E-state index contributed by atoms with van der Waals surface area (Å²) in [6.07, 6.45) is 7.44. The fraction of sp³-hybridized carbons (Fsp3) is 0.467. The molecular formula is C15H19N3O. The Balaban J connectivity index is 1.76. The molecule has 0 radical (unpaired) electrons. The maximum absolute atomic E-state index is 7.97. The molecule has 1 N–H and O–H groups in total. The van der Waals surface area contributed by atoms with Gasteiger partial charge in [-0.2, -0.15) is 0 Å². The van der Waals surface area contributed by atoms with Gasteiger partial charge in [0.2, 0.25) is 0 Å². The van der Waals surface area contributed by atoms with Gasteiger partial charge in [-0.3, -0.25) is 10.4 Å². The lowest BCUT2D eigenvalue weighted by Gasteiger charge is -2.39. The maximum Gasteiger partial charge on any atom is 0.120 e. The predicted molar refractivity (Wildman–Crippen MR) is 74.1 cm³/mol. The van der Waals surface area contributed by atoms with E-state index in [1.165, 1.54) is 5.56 Å². The Bertz CT molecular complexity index is 516. The van der Waals surface area contributed by atoms with E-state index in [0.717, 1.165) is 31.6 Å². The molecule has 4 nitrogen and oxygen atoms in total. The van der Waals surface area contributed by atoms with Crippen LogP contribution in [0.1, 0.15) is 31.0 Å². The summed E-state index contributed by atoms with van der Waals surface area (Å²) in [5, 5.41) is 7.97. The highest BCUT2D eigenvalue weighted by molar-refractivity contribution is 5.90. The third-order valence-electron chi connectivity index (χ3n) is 4.06. The summed E-state index contributed by atoms with van der Waals surface area (Å²) in [5.74, 6) is 0.594. The van der Waals surface area contributed by atoms with Crippen LogP contribution in [0.4, 0.5) is 0 Å². The minimum Gasteiger partial charge on any atom is -0.364 e. The number of nitrogens with zero attached hydrogens (tertiary/aromatic N) is 2. The van der Waals surface area contributed by atoms with Crippen molar-refractivity contribution in [1.82, 2.24) is 9.88 Å². The fourth-order valence-electron chi connectivity index (χ4n) is 3.00. The average Bonchev–Trinajstić information content (AvgIpc) is 2.80. The number of fused-ring (bicyclic) bond motifs is 2. The van der Waals surface area contributed by atoms with Crippen molar-refractivity contribution in [3.8, 4) is 0 Å². The van der Waals surface area contributed by atoms with Crippen molar-refractivity contribution >= 4 is 5.84 Å². The van der Waals surface area contributed by atoms with E-state index in [-0.39, 0.29) is 5.60 Å². The molecule has 0 aliphatic carbocycles. The van der Waals surface area contributed by atoms with Crippen LogP contribution >= 0.6 is 0 Å². The van der Waals surface area contributed by atoms with E-state index in [1.54, 1.807) is 0 Å². The number of piperidine rings is 1.